The average Bonchev–Trinajstić information content (AvgIpc) is 2.34. The van der Waals surface area contributed by atoms with Crippen LogP contribution in [-0.2, 0) is 9.53 Å². The van der Waals surface area contributed by atoms with Gasteiger partial charge in [-0.05, 0) is 19.4 Å². The number of esters is 1. The SMILES string of the molecule is [CH2-]N1CCC[C@@H]1C(=O)OC. The maximum absolute atomic E-state index is 10.9. The lowest BCUT2D eigenvalue weighted by Gasteiger charge is -2.24. The van der Waals surface area contributed by atoms with E-state index in [0.29, 0.717) is 0 Å². The van der Waals surface area contributed by atoms with Crippen LogP contribution >= 0.6 is 0 Å². The number of ether oxygens (including phenoxy) is 1. The second kappa shape index (κ2) is 3.01. The zero-order valence-corrected chi connectivity index (χ0v) is 6.17. The number of carbonyl (C=O) groups excluding carboxylic acids is 1. The molecule has 0 aromatic rings. The van der Waals surface area contributed by atoms with Crippen molar-refractivity contribution in [3.8, 4) is 0 Å². The van der Waals surface area contributed by atoms with Crippen LogP contribution in [0.2, 0.25) is 0 Å². The van der Waals surface area contributed by atoms with Gasteiger partial charge in [-0.2, -0.15) is 0 Å². The molecule has 1 aliphatic heterocycles. The van der Waals surface area contributed by atoms with Crippen molar-refractivity contribution in [3.63, 3.8) is 0 Å². The number of nitrogens with zero attached hydrogens (tertiary/aromatic N) is 1. The van der Waals surface area contributed by atoms with E-state index >= 15 is 0 Å². The van der Waals surface area contributed by atoms with E-state index in [0.717, 1.165) is 19.4 Å². The van der Waals surface area contributed by atoms with Gasteiger partial charge in [0.25, 0.3) is 0 Å². The Morgan fingerprint density at radius 2 is 2.50 bits per heavy atom. The number of methoxy groups -OCH3 is 1. The number of rotatable bonds is 1. The van der Waals surface area contributed by atoms with Gasteiger partial charge < -0.3 is 9.64 Å². The van der Waals surface area contributed by atoms with Crippen LogP contribution in [0.15, 0.2) is 0 Å². The van der Waals surface area contributed by atoms with E-state index < -0.39 is 0 Å². The molecule has 3 heteroatoms. The highest BCUT2D eigenvalue weighted by Gasteiger charge is 2.23. The normalized spacial score (nSPS) is 26.8. The summed E-state index contributed by atoms with van der Waals surface area (Å²) in [4.78, 5) is 12.7. The molecule has 0 saturated carbocycles. The molecule has 0 aromatic carbocycles. The minimum absolute atomic E-state index is 0.0926. The first-order chi connectivity index (χ1) is 4.75. The van der Waals surface area contributed by atoms with E-state index in [9.17, 15) is 4.79 Å². The average molecular weight is 142 g/mol. The van der Waals surface area contributed by atoms with Crippen LogP contribution < -0.4 is 0 Å². The number of carbonyl (C=O) groups is 1. The van der Waals surface area contributed by atoms with Gasteiger partial charge in [-0.3, -0.25) is 11.8 Å². The second-order valence-corrected chi connectivity index (χ2v) is 2.49. The quantitative estimate of drug-likeness (QED) is 0.392. The molecule has 0 radical (unpaired) electrons. The maximum Gasteiger partial charge on any atom is 0.320 e. The Balaban J connectivity index is 2.46. The fourth-order valence-electron chi connectivity index (χ4n) is 1.23. The van der Waals surface area contributed by atoms with E-state index in [-0.39, 0.29) is 12.0 Å². The molecule has 0 amide bonds. The third-order valence-electron chi connectivity index (χ3n) is 1.84. The standard InChI is InChI=1S/C7H12NO2/c1-8-5-3-4-6(8)7(9)10-2/h6H,1,3-5H2,2H3/q-1/t6-/m1/s1. The monoisotopic (exact) mass is 142 g/mol. The summed E-state index contributed by atoms with van der Waals surface area (Å²) in [6.45, 7) is 0.903. The van der Waals surface area contributed by atoms with Crippen LogP contribution in [-0.4, -0.2) is 30.6 Å². The molecule has 58 valence electrons. The van der Waals surface area contributed by atoms with Crippen LogP contribution in [0.5, 0.6) is 0 Å². The fraction of sp³-hybridized carbons (Fsp3) is 0.714. The van der Waals surface area contributed by atoms with E-state index in [2.05, 4.69) is 11.8 Å². The van der Waals surface area contributed by atoms with Crippen LogP contribution in [0.4, 0.5) is 0 Å². The van der Waals surface area contributed by atoms with Crippen molar-refractivity contribution in [2.24, 2.45) is 0 Å². The Morgan fingerprint density at radius 1 is 1.80 bits per heavy atom. The van der Waals surface area contributed by atoms with Crippen molar-refractivity contribution in [1.82, 2.24) is 4.90 Å². The van der Waals surface area contributed by atoms with Gasteiger partial charge >= 0.3 is 5.97 Å². The predicted octanol–water partition coefficient (Wildman–Crippen LogP) is 0.415. The molecular formula is C7H12NO2-. The molecule has 1 saturated heterocycles. The van der Waals surface area contributed by atoms with Crippen molar-refractivity contribution in [2.75, 3.05) is 13.7 Å². The van der Waals surface area contributed by atoms with Crippen molar-refractivity contribution < 1.29 is 9.53 Å². The molecular weight excluding hydrogens is 130 g/mol. The van der Waals surface area contributed by atoms with Crippen LogP contribution in [0.1, 0.15) is 12.8 Å². The molecule has 10 heavy (non-hydrogen) atoms. The zero-order chi connectivity index (χ0) is 7.56. The Kier molecular flexibility index (Phi) is 2.27. The molecule has 0 aliphatic carbocycles. The number of hydrogen-bond donors (Lipinski definition) is 0. The molecule has 1 fully saturated rings. The molecule has 0 N–H and O–H groups in total. The summed E-state index contributed by atoms with van der Waals surface area (Å²) in [5.41, 5.74) is 0. The first-order valence-electron chi connectivity index (χ1n) is 3.40. The summed E-state index contributed by atoms with van der Waals surface area (Å²) in [6.07, 6.45) is 1.93. The minimum atomic E-state index is -0.160. The van der Waals surface area contributed by atoms with Gasteiger partial charge in [0.15, 0.2) is 0 Å². The van der Waals surface area contributed by atoms with Crippen LogP contribution in [0.25, 0.3) is 0 Å². The van der Waals surface area contributed by atoms with Crippen LogP contribution in [0.3, 0.4) is 0 Å². The van der Waals surface area contributed by atoms with Gasteiger partial charge in [0.2, 0.25) is 0 Å². The number of likely N-dealkylation sites (tertiary alicyclic amines) is 1. The molecule has 1 atom stereocenters. The van der Waals surface area contributed by atoms with Crippen molar-refractivity contribution in [1.29, 1.82) is 0 Å². The first kappa shape index (κ1) is 7.54. The predicted molar refractivity (Wildman–Crippen MR) is 37.1 cm³/mol. The van der Waals surface area contributed by atoms with Gasteiger partial charge in [-0.1, -0.05) is 0 Å². The van der Waals surface area contributed by atoms with Gasteiger partial charge in [0.1, 0.15) is 0 Å². The smallest absolute Gasteiger partial charge is 0.320 e. The molecule has 1 aliphatic rings. The first-order valence-corrected chi connectivity index (χ1v) is 3.40. The second-order valence-electron chi connectivity index (χ2n) is 2.49. The van der Waals surface area contributed by atoms with Crippen LogP contribution in [0, 0.1) is 7.05 Å². The summed E-state index contributed by atoms with van der Waals surface area (Å²) in [7, 11) is 5.13. The largest absolute Gasteiger partial charge is 0.468 e. The lowest BCUT2D eigenvalue weighted by molar-refractivity contribution is -0.145. The highest BCUT2D eigenvalue weighted by atomic mass is 16.5. The number of hydrogen-bond acceptors (Lipinski definition) is 3. The van der Waals surface area contributed by atoms with E-state index in [1.807, 2.05) is 0 Å². The molecule has 1 heterocycles. The summed E-state index contributed by atoms with van der Waals surface area (Å²) in [6, 6.07) is -0.0926. The van der Waals surface area contributed by atoms with Gasteiger partial charge in [-0.25, -0.2) is 0 Å². The Bertz CT molecular complexity index is 136. The topological polar surface area (TPSA) is 29.5 Å². The highest BCUT2D eigenvalue weighted by Crippen LogP contribution is 2.16. The van der Waals surface area contributed by atoms with Gasteiger partial charge in [0.05, 0.1) is 13.2 Å². The lowest BCUT2D eigenvalue weighted by Crippen LogP contribution is -2.32. The van der Waals surface area contributed by atoms with Crippen molar-refractivity contribution >= 4 is 5.97 Å². The minimum Gasteiger partial charge on any atom is -0.468 e. The van der Waals surface area contributed by atoms with Gasteiger partial charge in [0, 0.05) is 0 Å². The van der Waals surface area contributed by atoms with E-state index in [4.69, 9.17) is 0 Å². The van der Waals surface area contributed by atoms with Crippen molar-refractivity contribution in [2.45, 2.75) is 18.9 Å². The van der Waals surface area contributed by atoms with Gasteiger partial charge in [-0.15, -0.1) is 0 Å². The van der Waals surface area contributed by atoms with E-state index in [1.165, 1.54) is 7.11 Å². The Labute approximate surface area is 61.0 Å². The Morgan fingerprint density at radius 3 is 2.90 bits per heavy atom. The summed E-state index contributed by atoms with van der Waals surface area (Å²) in [5.74, 6) is -0.160. The van der Waals surface area contributed by atoms with E-state index in [1.54, 1.807) is 4.90 Å². The molecule has 1 rings (SSSR count). The summed E-state index contributed by atoms with van der Waals surface area (Å²) < 4.78 is 4.58. The third-order valence-corrected chi connectivity index (χ3v) is 1.84. The maximum atomic E-state index is 10.9. The fourth-order valence-corrected chi connectivity index (χ4v) is 1.23. The molecule has 0 unspecified atom stereocenters. The molecule has 3 nitrogen and oxygen atoms in total. The zero-order valence-electron chi connectivity index (χ0n) is 6.17. The molecule has 0 aromatic heterocycles. The third kappa shape index (κ3) is 1.29. The lowest BCUT2D eigenvalue weighted by atomic mass is 10.2. The molecule has 0 spiro atoms. The summed E-state index contributed by atoms with van der Waals surface area (Å²) >= 11 is 0. The highest BCUT2D eigenvalue weighted by molar-refractivity contribution is 5.75. The van der Waals surface area contributed by atoms with Crippen molar-refractivity contribution in [3.05, 3.63) is 7.05 Å². The Hall–Kier alpha value is -0.570. The molecule has 0 bridgehead atoms. The summed E-state index contributed by atoms with van der Waals surface area (Å²) in [5, 5.41) is 0.